The van der Waals surface area contributed by atoms with E-state index in [1.807, 2.05) is 24.3 Å². The third-order valence-electron chi connectivity index (χ3n) is 5.19. The van der Waals surface area contributed by atoms with Gasteiger partial charge in [-0.15, -0.1) is 24.0 Å². The van der Waals surface area contributed by atoms with Crippen molar-refractivity contribution in [3.63, 3.8) is 0 Å². The van der Waals surface area contributed by atoms with Crippen LogP contribution >= 0.6 is 24.0 Å². The summed E-state index contributed by atoms with van der Waals surface area (Å²) in [7, 11) is 3.30. The first-order valence-electron chi connectivity index (χ1n) is 10.8. The number of guanidine groups is 1. The zero-order valence-electron chi connectivity index (χ0n) is 19.0. The Morgan fingerprint density at radius 1 is 1.03 bits per heavy atom. The van der Waals surface area contributed by atoms with Gasteiger partial charge in [-0.1, -0.05) is 6.07 Å². The van der Waals surface area contributed by atoms with Gasteiger partial charge in [-0.05, 0) is 36.2 Å². The van der Waals surface area contributed by atoms with E-state index in [2.05, 4.69) is 21.6 Å². The lowest BCUT2D eigenvalue weighted by molar-refractivity contribution is 0.0394. The average molecular weight is 558 g/mol. The first-order valence-corrected chi connectivity index (χ1v) is 10.8. The van der Waals surface area contributed by atoms with E-state index in [1.165, 1.54) is 5.56 Å². The summed E-state index contributed by atoms with van der Waals surface area (Å²) in [5.74, 6) is 3.27. The van der Waals surface area contributed by atoms with Crippen LogP contribution < -0.4 is 20.1 Å². The Balaban J connectivity index is 0.00000363. The highest BCUT2D eigenvalue weighted by atomic mass is 127. The van der Waals surface area contributed by atoms with E-state index in [4.69, 9.17) is 23.6 Å². The largest absolute Gasteiger partial charge is 0.493 e. The fourth-order valence-electron chi connectivity index (χ4n) is 3.42. The van der Waals surface area contributed by atoms with E-state index < -0.39 is 0 Å². The number of methoxy groups -OCH3 is 2. The zero-order chi connectivity index (χ0) is 21.7. The minimum Gasteiger partial charge on any atom is -0.493 e. The monoisotopic (exact) mass is 558 g/mol. The Labute approximate surface area is 207 Å². The van der Waals surface area contributed by atoms with E-state index in [0.717, 1.165) is 88.5 Å². The molecule has 0 spiro atoms. The molecule has 2 heterocycles. The van der Waals surface area contributed by atoms with Crippen LogP contribution in [0.3, 0.4) is 0 Å². The maximum Gasteiger partial charge on any atom is 0.191 e. The molecule has 2 N–H and O–H groups in total. The minimum absolute atomic E-state index is 0. The number of aliphatic imine (C=N–C) groups is 1. The first-order chi connectivity index (χ1) is 15.3. The molecule has 0 amide bonds. The second kappa shape index (κ2) is 15.0. The molecule has 0 radical (unpaired) electrons. The number of hydrogen-bond donors (Lipinski definition) is 2. The highest BCUT2D eigenvalue weighted by Gasteiger charge is 2.10. The molecule has 3 rings (SSSR count). The SMILES string of the molecule is COc1ccc(CCNC(=NCCN2CCOCC2)NCCc2ccco2)cc1OC.I. The smallest absolute Gasteiger partial charge is 0.191 e. The van der Waals surface area contributed by atoms with Crippen molar-refractivity contribution in [3.05, 3.63) is 47.9 Å². The van der Waals surface area contributed by atoms with Crippen molar-refractivity contribution in [2.75, 3.05) is 66.7 Å². The molecular weight excluding hydrogens is 523 g/mol. The molecule has 0 bridgehead atoms. The normalized spacial score (nSPS) is 14.5. The number of morpholine rings is 1. The van der Waals surface area contributed by atoms with Gasteiger partial charge in [0, 0.05) is 39.1 Å². The van der Waals surface area contributed by atoms with Crippen LogP contribution in [0, 0.1) is 0 Å². The number of nitrogens with one attached hydrogen (secondary N) is 2. The van der Waals surface area contributed by atoms with Crippen LogP contribution in [0.15, 0.2) is 46.0 Å². The van der Waals surface area contributed by atoms with Crippen molar-refractivity contribution in [3.8, 4) is 11.5 Å². The van der Waals surface area contributed by atoms with Gasteiger partial charge in [0.25, 0.3) is 0 Å². The van der Waals surface area contributed by atoms with Crippen molar-refractivity contribution < 1.29 is 18.6 Å². The molecule has 1 aliphatic heterocycles. The van der Waals surface area contributed by atoms with Crippen molar-refractivity contribution in [1.82, 2.24) is 15.5 Å². The molecule has 32 heavy (non-hydrogen) atoms. The Bertz CT molecular complexity index is 795. The Hall–Kier alpha value is -1.98. The molecular formula is C23H35IN4O4. The van der Waals surface area contributed by atoms with Gasteiger partial charge >= 0.3 is 0 Å². The molecule has 178 valence electrons. The molecule has 0 saturated carbocycles. The predicted octanol–water partition coefficient (Wildman–Crippen LogP) is 2.57. The standard InChI is InChI=1S/C23H34N4O4.HI/c1-28-21-6-5-19(18-22(21)29-2)7-9-24-23(25-10-8-20-4-3-15-31-20)26-11-12-27-13-16-30-17-14-27;/h3-6,15,18H,7-14,16-17H2,1-2H3,(H2,24,25,26);1H. The third-order valence-corrected chi connectivity index (χ3v) is 5.19. The fraction of sp³-hybridized carbons (Fsp3) is 0.522. The first kappa shape index (κ1) is 26.3. The molecule has 0 unspecified atom stereocenters. The summed E-state index contributed by atoms with van der Waals surface area (Å²) < 4.78 is 21.5. The lowest BCUT2D eigenvalue weighted by Crippen LogP contribution is -2.41. The van der Waals surface area contributed by atoms with Crippen LogP contribution in [0.1, 0.15) is 11.3 Å². The van der Waals surface area contributed by atoms with Crippen molar-refractivity contribution >= 4 is 29.9 Å². The van der Waals surface area contributed by atoms with Gasteiger partial charge in [0.2, 0.25) is 0 Å². The minimum atomic E-state index is 0. The van der Waals surface area contributed by atoms with Gasteiger partial charge in [0.15, 0.2) is 17.5 Å². The van der Waals surface area contributed by atoms with Crippen molar-refractivity contribution in [2.45, 2.75) is 12.8 Å². The van der Waals surface area contributed by atoms with E-state index in [9.17, 15) is 0 Å². The van der Waals surface area contributed by atoms with Crippen molar-refractivity contribution in [2.24, 2.45) is 4.99 Å². The van der Waals surface area contributed by atoms with Crippen molar-refractivity contribution in [1.29, 1.82) is 0 Å². The van der Waals surface area contributed by atoms with E-state index in [1.54, 1.807) is 20.5 Å². The quantitative estimate of drug-likeness (QED) is 0.249. The summed E-state index contributed by atoms with van der Waals surface area (Å²) in [6.07, 6.45) is 3.36. The number of furan rings is 1. The van der Waals surface area contributed by atoms with E-state index >= 15 is 0 Å². The number of benzene rings is 1. The van der Waals surface area contributed by atoms with Gasteiger partial charge in [0.1, 0.15) is 5.76 Å². The molecule has 8 nitrogen and oxygen atoms in total. The fourth-order valence-corrected chi connectivity index (χ4v) is 3.42. The lowest BCUT2D eigenvalue weighted by atomic mass is 10.1. The number of ether oxygens (including phenoxy) is 3. The molecule has 1 fully saturated rings. The predicted molar refractivity (Wildman–Crippen MR) is 137 cm³/mol. The summed E-state index contributed by atoms with van der Waals surface area (Å²) in [6.45, 7) is 6.76. The zero-order valence-corrected chi connectivity index (χ0v) is 21.3. The number of nitrogens with zero attached hydrogens (tertiary/aromatic N) is 2. The van der Waals surface area contributed by atoms with Gasteiger partial charge in [-0.25, -0.2) is 0 Å². The van der Waals surface area contributed by atoms with Gasteiger partial charge < -0.3 is 29.3 Å². The summed E-state index contributed by atoms with van der Waals surface area (Å²) in [5.41, 5.74) is 1.17. The molecule has 1 aliphatic rings. The van der Waals surface area contributed by atoms with Crippen LogP contribution in [0.5, 0.6) is 11.5 Å². The van der Waals surface area contributed by atoms with Gasteiger partial charge in [-0.2, -0.15) is 0 Å². The topological polar surface area (TPSA) is 80.5 Å². The Morgan fingerprint density at radius 2 is 1.78 bits per heavy atom. The van der Waals surface area contributed by atoms with Gasteiger partial charge in [-0.3, -0.25) is 9.89 Å². The summed E-state index contributed by atoms with van der Waals surface area (Å²) in [5, 5.41) is 6.86. The van der Waals surface area contributed by atoms with E-state index in [0.29, 0.717) is 0 Å². The van der Waals surface area contributed by atoms with Crippen LogP contribution in [0.2, 0.25) is 0 Å². The second-order valence-electron chi connectivity index (χ2n) is 7.31. The number of hydrogen-bond acceptors (Lipinski definition) is 6. The number of rotatable bonds is 11. The molecule has 9 heteroatoms. The summed E-state index contributed by atoms with van der Waals surface area (Å²) in [6, 6.07) is 9.91. The average Bonchev–Trinajstić information content (AvgIpc) is 3.33. The van der Waals surface area contributed by atoms with Crippen LogP contribution in [-0.4, -0.2) is 77.6 Å². The van der Waals surface area contributed by atoms with E-state index in [-0.39, 0.29) is 24.0 Å². The van der Waals surface area contributed by atoms with Gasteiger partial charge in [0.05, 0.1) is 40.2 Å². The molecule has 2 aromatic rings. The van der Waals surface area contributed by atoms with Crippen LogP contribution in [-0.2, 0) is 17.6 Å². The lowest BCUT2D eigenvalue weighted by Gasteiger charge is -2.25. The van der Waals surface area contributed by atoms with Crippen LogP contribution in [0.4, 0.5) is 0 Å². The molecule has 1 saturated heterocycles. The molecule has 1 aromatic carbocycles. The third kappa shape index (κ3) is 8.87. The Kier molecular flexibility index (Phi) is 12.3. The van der Waals surface area contributed by atoms with Crippen LogP contribution in [0.25, 0.3) is 0 Å². The molecule has 0 aliphatic carbocycles. The highest BCUT2D eigenvalue weighted by Crippen LogP contribution is 2.27. The summed E-state index contributed by atoms with van der Waals surface area (Å²) in [4.78, 5) is 7.15. The second-order valence-corrected chi connectivity index (χ2v) is 7.31. The highest BCUT2D eigenvalue weighted by molar-refractivity contribution is 14.0. The number of halogens is 1. The molecule has 0 atom stereocenters. The maximum atomic E-state index is 5.41. The summed E-state index contributed by atoms with van der Waals surface area (Å²) >= 11 is 0. The Morgan fingerprint density at radius 3 is 2.47 bits per heavy atom. The molecule has 1 aromatic heterocycles. The maximum absolute atomic E-state index is 5.41.